The molecular formula is C8H5BClO. The molecule has 0 saturated heterocycles. The van der Waals surface area contributed by atoms with E-state index in [1.54, 1.807) is 12.1 Å². The Balaban J connectivity index is 2.87. The van der Waals surface area contributed by atoms with Gasteiger partial charge in [0.1, 0.15) is 0 Å². The summed E-state index contributed by atoms with van der Waals surface area (Å²) in [5, 5.41) is 8.91. The minimum absolute atomic E-state index is 0.648. The van der Waals surface area contributed by atoms with Crippen LogP contribution in [0.4, 0.5) is 0 Å². The highest BCUT2D eigenvalue weighted by Gasteiger charge is 1.87. The Hall–Kier alpha value is -0.905. The molecule has 1 rings (SSSR count). The highest BCUT2D eigenvalue weighted by Crippen LogP contribution is 2.08. The van der Waals surface area contributed by atoms with E-state index < -0.39 is 0 Å². The maximum atomic E-state index is 8.27. The van der Waals surface area contributed by atoms with Crippen molar-refractivity contribution in [1.82, 2.24) is 0 Å². The van der Waals surface area contributed by atoms with Gasteiger partial charge in [-0.15, -0.1) is 5.82 Å². The van der Waals surface area contributed by atoms with Crippen molar-refractivity contribution in [2.75, 3.05) is 0 Å². The van der Waals surface area contributed by atoms with Gasteiger partial charge in [-0.1, -0.05) is 23.6 Å². The molecular weight excluding hydrogens is 158 g/mol. The highest BCUT2D eigenvalue weighted by atomic mass is 35.5. The summed E-state index contributed by atoms with van der Waals surface area (Å²) < 4.78 is 0. The Labute approximate surface area is 71.3 Å². The molecule has 0 spiro atoms. The second-order valence-corrected chi connectivity index (χ2v) is 2.35. The van der Waals surface area contributed by atoms with E-state index in [1.807, 2.05) is 12.1 Å². The number of rotatable bonds is 0. The van der Waals surface area contributed by atoms with Crippen LogP contribution in [0.5, 0.6) is 0 Å². The van der Waals surface area contributed by atoms with Gasteiger partial charge in [-0.3, -0.25) is 0 Å². The zero-order valence-corrected chi connectivity index (χ0v) is 6.47. The van der Waals surface area contributed by atoms with Gasteiger partial charge in [0, 0.05) is 10.6 Å². The normalized spacial score (nSPS) is 8.18. The fourth-order valence-electron chi connectivity index (χ4n) is 0.682. The molecule has 0 fully saturated rings. The summed E-state index contributed by atoms with van der Waals surface area (Å²) in [7, 11) is 0.806. The van der Waals surface area contributed by atoms with Crippen LogP contribution < -0.4 is 0 Å². The van der Waals surface area contributed by atoms with Crippen LogP contribution in [0.3, 0.4) is 0 Å². The van der Waals surface area contributed by atoms with Gasteiger partial charge in [0.2, 0.25) is 0 Å². The molecule has 0 aliphatic rings. The lowest BCUT2D eigenvalue weighted by atomic mass is 10.0. The van der Waals surface area contributed by atoms with E-state index in [-0.39, 0.29) is 0 Å². The van der Waals surface area contributed by atoms with E-state index in [0.29, 0.717) is 5.02 Å². The zero-order valence-electron chi connectivity index (χ0n) is 5.71. The highest BCUT2D eigenvalue weighted by molar-refractivity contribution is 6.37. The second-order valence-electron chi connectivity index (χ2n) is 1.91. The van der Waals surface area contributed by atoms with Crippen LogP contribution in [0.15, 0.2) is 24.3 Å². The Bertz CT molecular complexity index is 300. The van der Waals surface area contributed by atoms with Crippen molar-refractivity contribution in [1.29, 1.82) is 0 Å². The third-order valence-electron chi connectivity index (χ3n) is 1.11. The number of halogens is 1. The van der Waals surface area contributed by atoms with Gasteiger partial charge in [0.25, 0.3) is 0 Å². The van der Waals surface area contributed by atoms with Gasteiger partial charge in [-0.2, -0.15) is 0 Å². The lowest BCUT2D eigenvalue weighted by Gasteiger charge is -1.89. The standard InChI is InChI=1S/C8H5BClO/c10-8-3-1-2-7(6-8)4-5-9-11/h1-3,6,11H. The summed E-state index contributed by atoms with van der Waals surface area (Å²) in [6.45, 7) is 0. The molecule has 0 unspecified atom stereocenters. The summed E-state index contributed by atoms with van der Waals surface area (Å²) in [4.78, 5) is 0. The van der Waals surface area contributed by atoms with Gasteiger partial charge in [-0.05, 0) is 18.2 Å². The molecule has 0 amide bonds. The van der Waals surface area contributed by atoms with Gasteiger partial charge in [-0.25, -0.2) is 0 Å². The molecule has 1 radical (unpaired) electrons. The molecule has 0 aliphatic carbocycles. The maximum absolute atomic E-state index is 8.27. The molecule has 1 N–H and O–H groups in total. The first kappa shape index (κ1) is 8.19. The van der Waals surface area contributed by atoms with Crippen molar-refractivity contribution in [3.63, 3.8) is 0 Å². The predicted molar refractivity (Wildman–Crippen MR) is 46.3 cm³/mol. The summed E-state index contributed by atoms with van der Waals surface area (Å²) in [6.07, 6.45) is 0. The molecule has 53 valence electrons. The Morgan fingerprint density at radius 1 is 1.45 bits per heavy atom. The molecule has 1 aromatic carbocycles. The van der Waals surface area contributed by atoms with Crippen molar-refractivity contribution in [3.8, 4) is 11.7 Å². The lowest BCUT2D eigenvalue weighted by Crippen LogP contribution is -1.79. The predicted octanol–water partition coefficient (Wildman–Crippen LogP) is 1.26. The molecule has 11 heavy (non-hydrogen) atoms. The SMILES string of the molecule is O[B]C#Cc1cccc(Cl)c1. The van der Waals surface area contributed by atoms with Crippen molar-refractivity contribution in [2.24, 2.45) is 0 Å². The third kappa shape index (κ3) is 2.67. The van der Waals surface area contributed by atoms with Crippen molar-refractivity contribution in [3.05, 3.63) is 34.9 Å². The molecule has 0 saturated carbocycles. The number of benzene rings is 1. The topological polar surface area (TPSA) is 20.2 Å². The molecule has 0 bridgehead atoms. The van der Waals surface area contributed by atoms with E-state index in [0.717, 1.165) is 13.0 Å². The zero-order chi connectivity index (χ0) is 8.10. The minimum Gasteiger partial charge on any atom is -0.443 e. The Kier molecular flexibility index (Phi) is 3.03. The number of hydrogen-bond acceptors (Lipinski definition) is 1. The van der Waals surface area contributed by atoms with Gasteiger partial charge >= 0.3 is 7.48 Å². The summed E-state index contributed by atoms with van der Waals surface area (Å²) >= 11 is 5.68. The van der Waals surface area contributed by atoms with Crippen LogP contribution in [0.2, 0.25) is 5.02 Å². The minimum atomic E-state index is 0.648. The first-order valence-electron chi connectivity index (χ1n) is 3.06. The van der Waals surface area contributed by atoms with Crippen LogP contribution in [-0.2, 0) is 0 Å². The van der Waals surface area contributed by atoms with E-state index in [2.05, 4.69) is 11.7 Å². The molecule has 0 aliphatic heterocycles. The molecule has 1 aromatic rings. The molecule has 0 heterocycles. The van der Waals surface area contributed by atoms with Crippen LogP contribution >= 0.6 is 11.6 Å². The molecule has 1 nitrogen and oxygen atoms in total. The van der Waals surface area contributed by atoms with Crippen molar-refractivity contribution >= 4 is 19.1 Å². The molecule has 0 aromatic heterocycles. The number of hydrogen-bond donors (Lipinski definition) is 1. The van der Waals surface area contributed by atoms with E-state index in [1.165, 1.54) is 0 Å². The van der Waals surface area contributed by atoms with Crippen LogP contribution in [0, 0.1) is 11.7 Å². The van der Waals surface area contributed by atoms with Gasteiger partial charge in [0.05, 0.1) is 0 Å². The summed E-state index contributed by atoms with van der Waals surface area (Å²) in [5.41, 5.74) is 0.794. The smallest absolute Gasteiger partial charge is 0.389 e. The second kappa shape index (κ2) is 4.07. The molecule has 3 heteroatoms. The van der Waals surface area contributed by atoms with Crippen LogP contribution in [0.1, 0.15) is 5.56 Å². The van der Waals surface area contributed by atoms with E-state index in [4.69, 9.17) is 16.6 Å². The fraction of sp³-hybridized carbons (Fsp3) is 0. The van der Waals surface area contributed by atoms with E-state index in [9.17, 15) is 0 Å². The third-order valence-corrected chi connectivity index (χ3v) is 1.34. The average molecular weight is 163 g/mol. The van der Waals surface area contributed by atoms with Crippen molar-refractivity contribution < 1.29 is 5.02 Å². The lowest BCUT2D eigenvalue weighted by molar-refractivity contribution is 0.616. The Morgan fingerprint density at radius 2 is 2.27 bits per heavy atom. The first-order valence-corrected chi connectivity index (χ1v) is 3.44. The Morgan fingerprint density at radius 3 is 2.91 bits per heavy atom. The largest absolute Gasteiger partial charge is 0.443 e. The fourth-order valence-corrected chi connectivity index (χ4v) is 0.872. The summed E-state index contributed by atoms with van der Waals surface area (Å²) in [5.74, 6) is 5.11. The van der Waals surface area contributed by atoms with E-state index >= 15 is 0 Å². The monoisotopic (exact) mass is 163 g/mol. The van der Waals surface area contributed by atoms with Gasteiger partial charge < -0.3 is 5.02 Å². The molecule has 0 atom stereocenters. The maximum Gasteiger partial charge on any atom is 0.389 e. The van der Waals surface area contributed by atoms with Crippen LogP contribution in [0.25, 0.3) is 0 Å². The van der Waals surface area contributed by atoms with Crippen LogP contribution in [-0.4, -0.2) is 12.5 Å². The van der Waals surface area contributed by atoms with Crippen molar-refractivity contribution in [2.45, 2.75) is 0 Å². The first-order chi connectivity index (χ1) is 5.33. The quantitative estimate of drug-likeness (QED) is 0.451. The van der Waals surface area contributed by atoms with Gasteiger partial charge in [0.15, 0.2) is 0 Å². The summed E-state index contributed by atoms with van der Waals surface area (Å²) in [6, 6.07) is 7.14. The average Bonchev–Trinajstić information content (AvgIpc) is 2.01.